The van der Waals surface area contributed by atoms with E-state index in [1.165, 1.54) is 5.56 Å². The molecule has 1 aromatic carbocycles. The van der Waals surface area contributed by atoms with E-state index in [9.17, 15) is 0 Å². The SMILES string of the molecule is CN(C)CCNCc1cccc(B2OC(C)(C)C(C)(C)O2)c1. The molecule has 0 aromatic heterocycles. The first kappa shape index (κ1) is 17.5. The van der Waals surface area contributed by atoms with Crippen molar-refractivity contribution in [3.63, 3.8) is 0 Å². The maximum Gasteiger partial charge on any atom is 0.494 e. The van der Waals surface area contributed by atoms with E-state index in [0.29, 0.717) is 0 Å². The molecule has 1 aromatic rings. The van der Waals surface area contributed by atoms with Crippen LogP contribution in [0.1, 0.15) is 33.3 Å². The van der Waals surface area contributed by atoms with E-state index in [1.807, 2.05) is 0 Å². The number of hydrogen-bond acceptors (Lipinski definition) is 4. The monoisotopic (exact) mass is 304 g/mol. The summed E-state index contributed by atoms with van der Waals surface area (Å²) < 4.78 is 12.2. The first-order valence-corrected chi connectivity index (χ1v) is 8.01. The van der Waals surface area contributed by atoms with Crippen LogP contribution in [0.5, 0.6) is 0 Å². The van der Waals surface area contributed by atoms with Gasteiger partial charge >= 0.3 is 7.12 Å². The molecule has 1 aliphatic heterocycles. The van der Waals surface area contributed by atoms with Crippen molar-refractivity contribution in [1.82, 2.24) is 10.2 Å². The van der Waals surface area contributed by atoms with Crippen LogP contribution in [-0.2, 0) is 15.9 Å². The largest absolute Gasteiger partial charge is 0.494 e. The normalized spacial score (nSPS) is 19.9. The molecule has 2 rings (SSSR count). The fourth-order valence-corrected chi connectivity index (χ4v) is 2.36. The van der Waals surface area contributed by atoms with Crippen LogP contribution in [0.4, 0.5) is 0 Å². The van der Waals surface area contributed by atoms with Gasteiger partial charge in [-0.3, -0.25) is 0 Å². The standard InChI is InChI=1S/C17H29BN2O2/c1-16(2)17(3,4)22-18(21-16)15-9-7-8-14(12-15)13-19-10-11-20(5)6/h7-9,12,19H,10-11,13H2,1-6H3. The maximum absolute atomic E-state index is 6.11. The zero-order valence-electron chi connectivity index (χ0n) is 14.8. The van der Waals surface area contributed by atoms with Crippen LogP contribution in [0.2, 0.25) is 0 Å². The number of nitrogens with one attached hydrogen (secondary N) is 1. The van der Waals surface area contributed by atoms with Gasteiger partial charge in [0.2, 0.25) is 0 Å². The fraction of sp³-hybridized carbons (Fsp3) is 0.647. The minimum Gasteiger partial charge on any atom is -0.399 e. The van der Waals surface area contributed by atoms with Gasteiger partial charge in [-0.25, -0.2) is 0 Å². The first-order chi connectivity index (χ1) is 10.2. The minimum atomic E-state index is -0.294. The summed E-state index contributed by atoms with van der Waals surface area (Å²) in [7, 11) is 3.88. The van der Waals surface area contributed by atoms with Crippen molar-refractivity contribution in [3.05, 3.63) is 29.8 Å². The Labute approximate surface area is 135 Å². The van der Waals surface area contributed by atoms with E-state index in [0.717, 1.165) is 25.1 Å². The fourth-order valence-electron chi connectivity index (χ4n) is 2.36. The van der Waals surface area contributed by atoms with Gasteiger partial charge in [-0.2, -0.15) is 0 Å². The third kappa shape index (κ3) is 4.10. The van der Waals surface area contributed by atoms with Crippen LogP contribution in [0, 0.1) is 0 Å². The summed E-state index contributed by atoms with van der Waals surface area (Å²) in [4.78, 5) is 2.17. The number of rotatable bonds is 6. The molecule has 1 saturated heterocycles. The Morgan fingerprint density at radius 3 is 2.32 bits per heavy atom. The van der Waals surface area contributed by atoms with Crippen molar-refractivity contribution in [2.45, 2.75) is 45.4 Å². The van der Waals surface area contributed by atoms with Crippen LogP contribution >= 0.6 is 0 Å². The molecule has 0 radical (unpaired) electrons. The van der Waals surface area contributed by atoms with Gasteiger partial charge in [0.25, 0.3) is 0 Å². The van der Waals surface area contributed by atoms with Crippen molar-refractivity contribution >= 4 is 12.6 Å². The van der Waals surface area contributed by atoms with E-state index in [2.05, 4.69) is 76.3 Å². The van der Waals surface area contributed by atoms with Crippen LogP contribution in [-0.4, -0.2) is 50.4 Å². The topological polar surface area (TPSA) is 33.7 Å². The van der Waals surface area contributed by atoms with Gasteiger partial charge in [0.1, 0.15) is 0 Å². The van der Waals surface area contributed by atoms with Crippen molar-refractivity contribution in [2.75, 3.05) is 27.2 Å². The van der Waals surface area contributed by atoms with E-state index in [-0.39, 0.29) is 18.3 Å². The quantitative estimate of drug-likeness (QED) is 0.640. The highest BCUT2D eigenvalue weighted by Crippen LogP contribution is 2.36. The molecular weight excluding hydrogens is 275 g/mol. The number of nitrogens with zero attached hydrogens (tertiary/aromatic N) is 1. The van der Waals surface area contributed by atoms with Gasteiger partial charge in [0.05, 0.1) is 11.2 Å². The Hall–Kier alpha value is -0.875. The molecule has 0 spiro atoms. The third-order valence-corrected chi connectivity index (χ3v) is 4.54. The Morgan fingerprint density at radius 1 is 1.09 bits per heavy atom. The Balaban J connectivity index is 1.98. The van der Waals surface area contributed by atoms with Gasteiger partial charge in [0.15, 0.2) is 0 Å². The summed E-state index contributed by atoms with van der Waals surface area (Å²) in [5.74, 6) is 0. The lowest BCUT2D eigenvalue weighted by molar-refractivity contribution is 0.00578. The van der Waals surface area contributed by atoms with Gasteiger partial charge in [-0.15, -0.1) is 0 Å². The Kier molecular flexibility index (Phi) is 5.33. The first-order valence-electron chi connectivity index (χ1n) is 8.01. The molecular formula is C17H29BN2O2. The van der Waals surface area contributed by atoms with Crippen LogP contribution in [0.15, 0.2) is 24.3 Å². The van der Waals surface area contributed by atoms with E-state index >= 15 is 0 Å². The van der Waals surface area contributed by atoms with Crippen LogP contribution in [0.3, 0.4) is 0 Å². The van der Waals surface area contributed by atoms with Gasteiger partial charge in [-0.1, -0.05) is 24.3 Å². The molecule has 0 unspecified atom stereocenters. The van der Waals surface area contributed by atoms with Gasteiger partial charge in [-0.05, 0) is 52.8 Å². The second-order valence-electron chi connectivity index (χ2n) is 7.31. The van der Waals surface area contributed by atoms with Crippen molar-refractivity contribution in [1.29, 1.82) is 0 Å². The van der Waals surface area contributed by atoms with Gasteiger partial charge in [0, 0.05) is 19.6 Å². The smallest absolute Gasteiger partial charge is 0.399 e. The molecule has 1 fully saturated rings. The van der Waals surface area contributed by atoms with Crippen molar-refractivity contribution in [2.24, 2.45) is 0 Å². The molecule has 122 valence electrons. The van der Waals surface area contributed by atoms with Crippen LogP contribution in [0.25, 0.3) is 0 Å². The minimum absolute atomic E-state index is 0.285. The highest BCUT2D eigenvalue weighted by Gasteiger charge is 2.51. The number of benzene rings is 1. The average molecular weight is 304 g/mol. The second kappa shape index (κ2) is 6.71. The Morgan fingerprint density at radius 2 is 1.73 bits per heavy atom. The highest BCUT2D eigenvalue weighted by molar-refractivity contribution is 6.62. The molecule has 5 heteroatoms. The lowest BCUT2D eigenvalue weighted by Crippen LogP contribution is -2.41. The molecule has 0 bridgehead atoms. The van der Waals surface area contributed by atoms with E-state index < -0.39 is 0 Å². The molecule has 0 atom stereocenters. The van der Waals surface area contributed by atoms with E-state index in [1.54, 1.807) is 0 Å². The number of likely N-dealkylation sites (N-methyl/N-ethyl adjacent to an activating group) is 1. The molecule has 0 aliphatic carbocycles. The molecule has 4 nitrogen and oxygen atoms in total. The lowest BCUT2D eigenvalue weighted by Gasteiger charge is -2.32. The van der Waals surface area contributed by atoms with Crippen molar-refractivity contribution < 1.29 is 9.31 Å². The Bertz CT molecular complexity index is 487. The summed E-state index contributed by atoms with van der Waals surface area (Å²) in [6.45, 7) is 11.2. The highest BCUT2D eigenvalue weighted by atomic mass is 16.7. The zero-order chi connectivity index (χ0) is 16.4. The summed E-state index contributed by atoms with van der Waals surface area (Å²) in [6.07, 6.45) is 0. The van der Waals surface area contributed by atoms with Crippen molar-refractivity contribution in [3.8, 4) is 0 Å². The summed E-state index contributed by atoms with van der Waals surface area (Å²) >= 11 is 0. The molecule has 22 heavy (non-hydrogen) atoms. The summed E-state index contributed by atoms with van der Waals surface area (Å²) in [5.41, 5.74) is 1.76. The second-order valence-corrected chi connectivity index (χ2v) is 7.31. The van der Waals surface area contributed by atoms with Crippen LogP contribution < -0.4 is 10.8 Å². The predicted molar refractivity (Wildman–Crippen MR) is 92.4 cm³/mol. The average Bonchev–Trinajstić information content (AvgIpc) is 2.64. The molecule has 1 aliphatic rings. The third-order valence-electron chi connectivity index (χ3n) is 4.54. The summed E-state index contributed by atoms with van der Waals surface area (Å²) in [6, 6.07) is 8.46. The maximum atomic E-state index is 6.11. The summed E-state index contributed by atoms with van der Waals surface area (Å²) in [5, 5.41) is 3.46. The number of hydrogen-bond donors (Lipinski definition) is 1. The molecule has 0 amide bonds. The lowest BCUT2D eigenvalue weighted by atomic mass is 9.78. The molecule has 0 saturated carbocycles. The zero-order valence-corrected chi connectivity index (χ0v) is 14.8. The molecule has 1 N–H and O–H groups in total. The van der Waals surface area contributed by atoms with Gasteiger partial charge < -0.3 is 19.5 Å². The molecule has 1 heterocycles. The predicted octanol–water partition coefficient (Wildman–Crippen LogP) is 1.64. The van der Waals surface area contributed by atoms with E-state index in [4.69, 9.17) is 9.31 Å².